The van der Waals surface area contributed by atoms with Gasteiger partial charge in [0.25, 0.3) is 0 Å². The van der Waals surface area contributed by atoms with Crippen LogP contribution in [-0.2, 0) is 21.2 Å². The van der Waals surface area contributed by atoms with Crippen molar-refractivity contribution in [1.29, 1.82) is 0 Å². The zero-order chi connectivity index (χ0) is 20.1. The maximum atomic E-state index is 12.7. The summed E-state index contributed by atoms with van der Waals surface area (Å²) in [6.07, 6.45) is 1.12. The Morgan fingerprint density at radius 2 is 1.82 bits per heavy atom. The van der Waals surface area contributed by atoms with Gasteiger partial charge in [-0.15, -0.1) is 0 Å². The van der Waals surface area contributed by atoms with Gasteiger partial charge in [-0.3, -0.25) is 4.79 Å². The molecule has 1 aliphatic rings. The summed E-state index contributed by atoms with van der Waals surface area (Å²) in [5.41, 5.74) is 0.986. The second-order valence-electron chi connectivity index (χ2n) is 6.46. The van der Waals surface area contributed by atoms with Crippen LogP contribution in [0.15, 0.2) is 53.4 Å². The highest BCUT2D eigenvalue weighted by molar-refractivity contribution is 7.89. The largest absolute Gasteiger partial charge is 0.493 e. The number of nitrogens with zero attached hydrogens (tertiary/aromatic N) is 1. The molecule has 1 heterocycles. The molecule has 1 unspecified atom stereocenters. The van der Waals surface area contributed by atoms with Crippen LogP contribution in [0.25, 0.3) is 0 Å². The minimum absolute atomic E-state index is 0.206. The van der Waals surface area contributed by atoms with Gasteiger partial charge in [-0.05, 0) is 42.7 Å². The van der Waals surface area contributed by atoms with Gasteiger partial charge in [-0.25, -0.2) is 8.42 Å². The Balaban J connectivity index is 1.57. The molecule has 2 aromatic rings. The first-order valence-electron chi connectivity index (χ1n) is 9.03. The fraction of sp³-hybridized carbons (Fsp3) is 0.350. The number of methoxy groups -OCH3 is 2. The van der Waals surface area contributed by atoms with E-state index in [1.54, 1.807) is 44.6 Å². The maximum Gasteiger partial charge on any atom is 0.243 e. The molecule has 0 aromatic heterocycles. The molecule has 0 spiro atoms. The number of rotatable bonds is 8. The highest BCUT2D eigenvalue weighted by Gasteiger charge is 2.42. The van der Waals surface area contributed by atoms with Gasteiger partial charge in [-0.2, -0.15) is 4.31 Å². The molecule has 1 aliphatic heterocycles. The average molecular weight is 404 g/mol. The van der Waals surface area contributed by atoms with E-state index < -0.39 is 16.1 Å². The lowest BCUT2D eigenvalue weighted by Gasteiger charge is -2.38. The van der Waals surface area contributed by atoms with Gasteiger partial charge >= 0.3 is 0 Å². The zero-order valence-electron chi connectivity index (χ0n) is 15.9. The molecule has 1 amide bonds. The molecular formula is C20H24N2O5S. The summed E-state index contributed by atoms with van der Waals surface area (Å²) < 4.78 is 37.1. The Labute approximate surface area is 165 Å². The summed E-state index contributed by atoms with van der Waals surface area (Å²) in [7, 11) is -0.502. The van der Waals surface area contributed by atoms with E-state index in [4.69, 9.17) is 9.47 Å². The molecule has 28 heavy (non-hydrogen) atoms. The first kappa shape index (κ1) is 20.2. The third kappa shape index (κ3) is 4.13. The minimum atomic E-state index is -3.65. The SMILES string of the molecule is COc1ccc(CCNC(=O)C2CCN2S(=O)(=O)c2ccccc2)cc1OC. The van der Waals surface area contributed by atoms with Crippen LogP contribution in [0, 0.1) is 0 Å². The van der Waals surface area contributed by atoms with Crippen molar-refractivity contribution in [3.63, 3.8) is 0 Å². The molecule has 1 N–H and O–H groups in total. The van der Waals surface area contributed by atoms with Crippen molar-refractivity contribution in [2.45, 2.75) is 23.8 Å². The molecule has 1 atom stereocenters. The fourth-order valence-corrected chi connectivity index (χ4v) is 4.78. The highest BCUT2D eigenvalue weighted by Crippen LogP contribution is 2.28. The van der Waals surface area contributed by atoms with E-state index in [9.17, 15) is 13.2 Å². The van der Waals surface area contributed by atoms with Crippen LogP contribution in [0.2, 0.25) is 0 Å². The standard InChI is InChI=1S/C20H24N2O5S/c1-26-18-9-8-15(14-19(18)27-2)10-12-21-20(23)17-11-13-22(17)28(24,25)16-6-4-3-5-7-16/h3-9,14,17H,10-13H2,1-2H3,(H,21,23). The molecule has 2 aromatic carbocycles. The molecule has 0 radical (unpaired) electrons. The molecule has 1 fully saturated rings. The second-order valence-corrected chi connectivity index (χ2v) is 8.35. The molecular weight excluding hydrogens is 380 g/mol. The number of benzene rings is 2. The normalized spacial score (nSPS) is 16.9. The number of hydrogen-bond donors (Lipinski definition) is 1. The highest BCUT2D eigenvalue weighted by atomic mass is 32.2. The summed E-state index contributed by atoms with van der Waals surface area (Å²) in [4.78, 5) is 12.7. The zero-order valence-corrected chi connectivity index (χ0v) is 16.7. The van der Waals surface area contributed by atoms with Crippen molar-refractivity contribution in [3.8, 4) is 11.5 Å². The van der Waals surface area contributed by atoms with E-state index >= 15 is 0 Å². The number of carbonyl (C=O) groups excluding carboxylic acids is 1. The van der Waals surface area contributed by atoms with E-state index in [1.165, 1.54) is 4.31 Å². The summed E-state index contributed by atoms with van der Waals surface area (Å²) in [5, 5.41) is 2.84. The van der Waals surface area contributed by atoms with Crippen molar-refractivity contribution >= 4 is 15.9 Å². The Morgan fingerprint density at radius 3 is 2.43 bits per heavy atom. The van der Waals surface area contributed by atoms with Gasteiger partial charge < -0.3 is 14.8 Å². The van der Waals surface area contributed by atoms with Gasteiger partial charge in [0.2, 0.25) is 15.9 Å². The first-order chi connectivity index (χ1) is 13.5. The number of sulfonamides is 1. The van der Waals surface area contributed by atoms with Crippen molar-refractivity contribution in [2.75, 3.05) is 27.3 Å². The second kappa shape index (κ2) is 8.62. The predicted molar refractivity (Wildman–Crippen MR) is 105 cm³/mol. The number of carbonyl (C=O) groups is 1. The number of ether oxygens (including phenoxy) is 2. The van der Waals surface area contributed by atoms with Gasteiger partial charge in [0, 0.05) is 13.1 Å². The lowest BCUT2D eigenvalue weighted by atomic mass is 10.1. The van der Waals surface area contributed by atoms with E-state index in [1.807, 2.05) is 18.2 Å². The van der Waals surface area contributed by atoms with Crippen LogP contribution < -0.4 is 14.8 Å². The topological polar surface area (TPSA) is 84.9 Å². The molecule has 0 bridgehead atoms. The third-order valence-electron chi connectivity index (χ3n) is 4.78. The van der Waals surface area contributed by atoms with Crippen molar-refractivity contribution < 1.29 is 22.7 Å². The van der Waals surface area contributed by atoms with E-state index in [-0.39, 0.29) is 10.8 Å². The molecule has 0 aliphatic carbocycles. The van der Waals surface area contributed by atoms with Crippen LogP contribution in [0.4, 0.5) is 0 Å². The van der Waals surface area contributed by atoms with Crippen LogP contribution in [0.3, 0.4) is 0 Å². The summed E-state index contributed by atoms with van der Waals surface area (Å²) in [5.74, 6) is 1.00. The molecule has 3 rings (SSSR count). The smallest absolute Gasteiger partial charge is 0.243 e. The number of nitrogens with one attached hydrogen (secondary N) is 1. The van der Waals surface area contributed by atoms with Gasteiger partial charge in [0.15, 0.2) is 11.5 Å². The number of hydrogen-bond acceptors (Lipinski definition) is 5. The van der Waals surface area contributed by atoms with Gasteiger partial charge in [0.1, 0.15) is 6.04 Å². The van der Waals surface area contributed by atoms with Gasteiger partial charge in [0.05, 0.1) is 19.1 Å². The molecule has 7 nitrogen and oxygen atoms in total. The quantitative estimate of drug-likeness (QED) is 0.726. The molecule has 8 heteroatoms. The lowest BCUT2D eigenvalue weighted by molar-refractivity contribution is -0.127. The first-order valence-corrected chi connectivity index (χ1v) is 10.5. The van der Waals surface area contributed by atoms with E-state index in [0.29, 0.717) is 37.4 Å². The maximum absolute atomic E-state index is 12.7. The van der Waals surface area contributed by atoms with E-state index in [2.05, 4.69) is 5.32 Å². The molecule has 0 saturated carbocycles. The third-order valence-corrected chi connectivity index (χ3v) is 6.71. The predicted octanol–water partition coefficient (Wildman–Crippen LogP) is 1.83. The minimum Gasteiger partial charge on any atom is -0.493 e. The average Bonchev–Trinajstić information content (AvgIpc) is 2.67. The van der Waals surface area contributed by atoms with Crippen LogP contribution >= 0.6 is 0 Å². The Kier molecular flexibility index (Phi) is 6.21. The lowest BCUT2D eigenvalue weighted by Crippen LogP contribution is -2.58. The Morgan fingerprint density at radius 1 is 1.11 bits per heavy atom. The molecule has 150 valence electrons. The monoisotopic (exact) mass is 404 g/mol. The van der Waals surface area contributed by atoms with Crippen molar-refractivity contribution in [3.05, 3.63) is 54.1 Å². The Hall–Kier alpha value is -2.58. The van der Waals surface area contributed by atoms with Crippen molar-refractivity contribution in [1.82, 2.24) is 9.62 Å². The fourth-order valence-electron chi connectivity index (χ4n) is 3.13. The van der Waals surface area contributed by atoms with Crippen LogP contribution in [-0.4, -0.2) is 52.0 Å². The Bertz CT molecular complexity index is 931. The summed E-state index contributed by atoms with van der Waals surface area (Å²) in [6, 6.07) is 13.1. The summed E-state index contributed by atoms with van der Waals surface area (Å²) in [6.45, 7) is 0.759. The van der Waals surface area contributed by atoms with E-state index in [0.717, 1.165) is 5.56 Å². The van der Waals surface area contributed by atoms with Crippen molar-refractivity contribution in [2.24, 2.45) is 0 Å². The summed E-state index contributed by atoms with van der Waals surface area (Å²) >= 11 is 0. The van der Waals surface area contributed by atoms with Gasteiger partial charge in [-0.1, -0.05) is 24.3 Å². The van der Waals surface area contributed by atoms with Crippen LogP contribution in [0.5, 0.6) is 11.5 Å². The molecule has 1 saturated heterocycles. The van der Waals surface area contributed by atoms with Crippen LogP contribution in [0.1, 0.15) is 12.0 Å². The number of amides is 1.